The predicted molar refractivity (Wildman–Crippen MR) is 92.5 cm³/mol. The average Bonchev–Trinajstić information content (AvgIpc) is 3.04. The first-order chi connectivity index (χ1) is 11.7. The minimum atomic E-state index is -0.156. The molecule has 24 heavy (non-hydrogen) atoms. The van der Waals surface area contributed by atoms with Crippen molar-refractivity contribution in [3.63, 3.8) is 0 Å². The van der Waals surface area contributed by atoms with Crippen LogP contribution in [0.5, 0.6) is 0 Å². The second-order valence-electron chi connectivity index (χ2n) is 5.77. The van der Waals surface area contributed by atoms with Crippen LogP contribution in [-0.2, 0) is 16.1 Å². The zero-order chi connectivity index (χ0) is 16.9. The maximum Gasteiger partial charge on any atom is 0.151 e. The molecule has 6 heteroatoms. The fourth-order valence-electron chi connectivity index (χ4n) is 2.66. The lowest BCUT2D eigenvalue weighted by molar-refractivity contribution is -0.00813. The molecule has 0 aliphatic carbocycles. The maximum absolute atomic E-state index is 6.19. The lowest BCUT2D eigenvalue weighted by atomic mass is 10.1. The van der Waals surface area contributed by atoms with Crippen LogP contribution in [0.4, 0.5) is 5.82 Å². The SMILES string of the molecule is COC(C)CC(OCc1ccccc1)c1ccc2c(N)ncnn12. The Hall–Kier alpha value is -2.44. The molecular weight excluding hydrogens is 304 g/mol. The second kappa shape index (κ2) is 7.42. The van der Waals surface area contributed by atoms with E-state index in [2.05, 4.69) is 10.1 Å². The fraction of sp³-hybridized carbons (Fsp3) is 0.333. The lowest BCUT2D eigenvalue weighted by Crippen LogP contribution is -2.16. The largest absolute Gasteiger partial charge is 0.382 e. The molecule has 2 atom stereocenters. The topological polar surface area (TPSA) is 74.7 Å². The Labute approximate surface area is 141 Å². The van der Waals surface area contributed by atoms with Crippen LogP contribution >= 0.6 is 0 Å². The van der Waals surface area contributed by atoms with Crippen molar-refractivity contribution in [2.24, 2.45) is 0 Å². The van der Waals surface area contributed by atoms with E-state index in [1.165, 1.54) is 6.33 Å². The van der Waals surface area contributed by atoms with Gasteiger partial charge in [0.05, 0.1) is 18.4 Å². The van der Waals surface area contributed by atoms with Gasteiger partial charge in [-0.25, -0.2) is 9.50 Å². The highest BCUT2D eigenvalue weighted by Gasteiger charge is 2.20. The van der Waals surface area contributed by atoms with E-state index in [0.29, 0.717) is 12.4 Å². The van der Waals surface area contributed by atoms with Crippen LogP contribution in [0.3, 0.4) is 0 Å². The zero-order valence-corrected chi connectivity index (χ0v) is 13.9. The van der Waals surface area contributed by atoms with Crippen molar-refractivity contribution in [3.8, 4) is 0 Å². The number of fused-ring (bicyclic) bond motifs is 1. The molecule has 1 aromatic carbocycles. The van der Waals surface area contributed by atoms with Gasteiger partial charge in [-0.1, -0.05) is 30.3 Å². The van der Waals surface area contributed by atoms with Gasteiger partial charge in [-0.15, -0.1) is 0 Å². The molecule has 0 spiro atoms. The third-order valence-corrected chi connectivity index (χ3v) is 4.08. The number of aromatic nitrogens is 3. The van der Waals surface area contributed by atoms with Crippen LogP contribution in [-0.4, -0.2) is 27.8 Å². The first-order valence-corrected chi connectivity index (χ1v) is 7.95. The van der Waals surface area contributed by atoms with E-state index < -0.39 is 0 Å². The number of hydrogen-bond donors (Lipinski definition) is 1. The molecule has 3 rings (SSSR count). The summed E-state index contributed by atoms with van der Waals surface area (Å²) in [7, 11) is 1.70. The highest BCUT2D eigenvalue weighted by molar-refractivity contribution is 5.65. The molecule has 0 saturated heterocycles. The normalized spacial score (nSPS) is 13.9. The molecule has 0 saturated carbocycles. The maximum atomic E-state index is 6.19. The highest BCUT2D eigenvalue weighted by atomic mass is 16.5. The predicted octanol–water partition coefficient (Wildman–Crippen LogP) is 2.99. The van der Waals surface area contributed by atoms with Gasteiger partial charge in [-0.2, -0.15) is 5.10 Å². The van der Waals surface area contributed by atoms with E-state index >= 15 is 0 Å². The minimum Gasteiger partial charge on any atom is -0.382 e. The van der Waals surface area contributed by atoms with Crippen molar-refractivity contribution in [1.82, 2.24) is 14.6 Å². The van der Waals surface area contributed by atoms with E-state index in [0.717, 1.165) is 23.2 Å². The molecule has 2 N–H and O–H groups in total. The number of nitrogen functional groups attached to an aromatic ring is 1. The van der Waals surface area contributed by atoms with Gasteiger partial charge in [-0.05, 0) is 24.6 Å². The van der Waals surface area contributed by atoms with Crippen LogP contribution in [0.25, 0.3) is 5.52 Å². The number of benzene rings is 1. The average molecular weight is 326 g/mol. The van der Waals surface area contributed by atoms with Crippen molar-refractivity contribution in [2.45, 2.75) is 32.2 Å². The second-order valence-corrected chi connectivity index (χ2v) is 5.77. The van der Waals surface area contributed by atoms with Gasteiger partial charge in [0.1, 0.15) is 17.9 Å². The molecular formula is C18H22N4O2. The number of ether oxygens (including phenoxy) is 2. The van der Waals surface area contributed by atoms with Crippen molar-refractivity contribution < 1.29 is 9.47 Å². The molecule has 0 aliphatic rings. The van der Waals surface area contributed by atoms with Gasteiger partial charge in [0.2, 0.25) is 0 Å². The van der Waals surface area contributed by atoms with Crippen molar-refractivity contribution in [2.75, 3.05) is 12.8 Å². The third kappa shape index (κ3) is 3.55. The molecule has 0 bridgehead atoms. The van der Waals surface area contributed by atoms with Crippen LogP contribution < -0.4 is 5.73 Å². The summed E-state index contributed by atoms with van der Waals surface area (Å²) in [6, 6.07) is 14.0. The Morgan fingerprint density at radius 3 is 2.71 bits per heavy atom. The quantitative estimate of drug-likeness (QED) is 0.722. The summed E-state index contributed by atoms with van der Waals surface area (Å²) in [6.07, 6.45) is 2.09. The van der Waals surface area contributed by atoms with Crippen LogP contribution in [0, 0.1) is 0 Å². The number of nitrogens with zero attached hydrogens (tertiary/aromatic N) is 3. The molecule has 0 amide bonds. The standard InChI is InChI=1S/C18H22N4O2/c1-13(23-2)10-17(24-11-14-6-4-3-5-7-14)15-8-9-16-18(19)20-12-21-22(15)16/h3-9,12-13,17H,10-11H2,1-2H3,(H2,19,20,21). The Kier molecular flexibility index (Phi) is 5.08. The van der Waals surface area contributed by atoms with Crippen LogP contribution in [0.1, 0.15) is 30.7 Å². The van der Waals surface area contributed by atoms with Gasteiger partial charge in [0.25, 0.3) is 0 Å². The van der Waals surface area contributed by atoms with Gasteiger partial charge in [0.15, 0.2) is 5.82 Å². The summed E-state index contributed by atoms with van der Waals surface area (Å²) in [4.78, 5) is 4.03. The van der Waals surface area contributed by atoms with E-state index in [1.807, 2.05) is 49.4 Å². The molecule has 2 heterocycles. The Morgan fingerprint density at radius 1 is 1.17 bits per heavy atom. The van der Waals surface area contributed by atoms with Gasteiger partial charge < -0.3 is 15.2 Å². The zero-order valence-electron chi connectivity index (χ0n) is 13.9. The van der Waals surface area contributed by atoms with Crippen molar-refractivity contribution in [1.29, 1.82) is 0 Å². The number of hydrogen-bond acceptors (Lipinski definition) is 5. The summed E-state index contributed by atoms with van der Waals surface area (Å²) in [5, 5.41) is 4.32. The molecule has 126 valence electrons. The summed E-state index contributed by atoms with van der Waals surface area (Å²) < 4.78 is 13.4. The van der Waals surface area contributed by atoms with Gasteiger partial charge in [0, 0.05) is 13.5 Å². The molecule has 0 radical (unpaired) electrons. The monoisotopic (exact) mass is 326 g/mol. The first-order valence-electron chi connectivity index (χ1n) is 7.95. The molecule has 0 aliphatic heterocycles. The lowest BCUT2D eigenvalue weighted by Gasteiger charge is -2.21. The van der Waals surface area contributed by atoms with E-state index in [9.17, 15) is 0 Å². The fourth-order valence-corrected chi connectivity index (χ4v) is 2.66. The Morgan fingerprint density at radius 2 is 1.96 bits per heavy atom. The first kappa shape index (κ1) is 16.4. The third-order valence-electron chi connectivity index (χ3n) is 4.08. The van der Waals surface area contributed by atoms with E-state index in [4.69, 9.17) is 15.2 Å². The summed E-state index contributed by atoms with van der Waals surface area (Å²) in [6.45, 7) is 2.55. The van der Waals surface area contributed by atoms with E-state index in [-0.39, 0.29) is 12.2 Å². The molecule has 2 unspecified atom stereocenters. The van der Waals surface area contributed by atoms with Crippen LogP contribution in [0.15, 0.2) is 48.8 Å². The smallest absolute Gasteiger partial charge is 0.151 e. The number of nitrogens with two attached hydrogens (primary N) is 1. The Balaban J connectivity index is 1.87. The minimum absolute atomic E-state index is 0.0653. The summed E-state index contributed by atoms with van der Waals surface area (Å²) >= 11 is 0. The highest BCUT2D eigenvalue weighted by Crippen LogP contribution is 2.27. The van der Waals surface area contributed by atoms with Crippen molar-refractivity contribution in [3.05, 3.63) is 60.0 Å². The number of anilines is 1. The number of methoxy groups -OCH3 is 1. The summed E-state index contributed by atoms with van der Waals surface area (Å²) in [5.41, 5.74) is 8.78. The summed E-state index contributed by atoms with van der Waals surface area (Å²) in [5.74, 6) is 0.456. The van der Waals surface area contributed by atoms with Crippen LogP contribution in [0.2, 0.25) is 0 Å². The number of rotatable bonds is 7. The molecule has 6 nitrogen and oxygen atoms in total. The van der Waals surface area contributed by atoms with Gasteiger partial charge in [-0.3, -0.25) is 0 Å². The van der Waals surface area contributed by atoms with Crippen molar-refractivity contribution >= 4 is 11.3 Å². The Bertz CT molecular complexity index is 788. The molecule has 0 fully saturated rings. The van der Waals surface area contributed by atoms with Gasteiger partial charge >= 0.3 is 0 Å². The van der Waals surface area contributed by atoms with E-state index in [1.54, 1.807) is 11.6 Å². The molecule has 3 aromatic rings. The molecule has 2 aromatic heterocycles.